The van der Waals surface area contributed by atoms with Crippen LogP contribution < -0.4 is 10.2 Å². The second-order valence-corrected chi connectivity index (χ2v) is 5.65. The molecule has 1 amide bonds. The van der Waals surface area contributed by atoms with Gasteiger partial charge < -0.3 is 10.2 Å². The Bertz CT molecular complexity index is 478. The fourth-order valence-electron chi connectivity index (χ4n) is 3.46. The van der Waals surface area contributed by atoms with E-state index in [9.17, 15) is 4.79 Å². The van der Waals surface area contributed by atoms with Crippen molar-refractivity contribution in [3.63, 3.8) is 0 Å². The molecule has 3 nitrogen and oxygen atoms in total. The lowest BCUT2D eigenvalue weighted by molar-refractivity contribution is -0.116. The highest BCUT2D eigenvalue weighted by atomic mass is 16.2. The van der Waals surface area contributed by atoms with Crippen LogP contribution in [0.3, 0.4) is 0 Å². The summed E-state index contributed by atoms with van der Waals surface area (Å²) in [6.45, 7) is 4.75. The highest BCUT2D eigenvalue weighted by Gasteiger charge is 2.26. The van der Waals surface area contributed by atoms with Gasteiger partial charge in [-0.25, -0.2) is 0 Å². The van der Waals surface area contributed by atoms with Crippen molar-refractivity contribution in [2.75, 3.05) is 24.5 Å². The molecule has 1 saturated heterocycles. The highest BCUT2D eigenvalue weighted by molar-refractivity contribution is 5.94. The number of hydrogen-bond acceptors (Lipinski definition) is 2. The summed E-state index contributed by atoms with van der Waals surface area (Å²) in [4.78, 5) is 13.9. The molecule has 0 radical (unpaired) electrons. The Labute approximate surface area is 115 Å². The minimum Gasteiger partial charge on any atom is -0.317 e. The number of aryl methyl sites for hydroxylation is 1. The van der Waals surface area contributed by atoms with E-state index in [1.807, 2.05) is 4.90 Å². The van der Waals surface area contributed by atoms with Crippen molar-refractivity contribution in [1.29, 1.82) is 0 Å². The predicted molar refractivity (Wildman–Crippen MR) is 77.6 cm³/mol. The monoisotopic (exact) mass is 258 g/mol. The summed E-state index contributed by atoms with van der Waals surface area (Å²) >= 11 is 0. The molecule has 1 fully saturated rings. The van der Waals surface area contributed by atoms with Gasteiger partial charge in [-0.15, -0.1) is 0 Å². The third kappa shape index (κ3) is 2.39. The molecule has 0 spiro atoms. The fourth-order valence-corrected chi connectivity index (χ4v) is 3.46. The molecule has 19 heavy (non-hydrogen) atoms. The Kier molecular flexibility index (Phi) is 3.56. The molecule has 1 N–H and O–H groups in total. The van der Waals surface area contributed by atoms with Crippen molar-refractivity contribution in [2.24, 2.45) is 0 Å². The Morgan fingerprint density at radius 3 is 2.84 bits per heavy atom. The molecule has 0 aliphatic carbocycles. The van der Waals surface area contributed by atoms with Gasteiger partial charge in [0.25, 0.3) is 0 Å². The first-order chi connectivity index (χ1) is 9.27. The van der Waals surface area contributed by atoms with E-state index < -0.39 is 0 Å². The second-order valence-electron chi connectivity index (χ2n) is 5.65. The van der Waals surface area contributed by atoms with E-state index in [2.05, 4.69) is 23.5 Å². The first kappa shape index (κ1) is 12.7. The number of rotatable bonds is 1. The van der Waals surface area contributed by atoms with Gasteiger partial charge >= 0.3 is 0 Å². The molecule has 2 aliphatic rings. The predicted octanol–water partition coefficient (Wildman–Crippen LogP) is 2.45. The minimum absolute atomic E-state index is 0.183. The molecule has 3 rings (SSSR count). The zero-order valence-electron chi connectivity index (χ0n) is 11.6. The number of para-hydroxylation sites is 1. The summed E-state index contributed by atoms with van der Waals surface area (Å²) in [5.74, 6) is 0.790. The average Bonchev–Trinajstić information content (AvgIpc) is 2.46. The van der Waals surface area contributed by atoms with Gasteiger partial charge in [-0.3, -0.25) is 4.79 Å². The van der Waals surface area contributed by atoms with Crippen molar-refractivity contribution in [3.05, 3.63) is 29.3 Å². The first-order valence-corrected chi connectivity index (χ1v) is 7.38. The van der Waals surface area contributed by atoms with Gasteiger partial charge in [0.2, 0.25) is 5.91 Å². The van der Waals surface area contributed by atoms with Crippen LogP contribution in [0, 0.1) is 0 Å². The normalized spacial score (nSPS) is 20.2. The number of nitrogens with zero attached hydrogens (tertiary/aromatic N) is 1. The number of benzene rings is 1. The first-order valence-electron chi connectivity index (χ1n) is 7.38. The van der Waals surface area contributed by atoms with E-state index in [-0.39, 0.29) is 5.91 Å². The quantitative estimate of drug-likeness (QED) is 0.839. The van der Waals surface area contributed by atoms with Gasteiger partial charge in [0.05, 0.1) is 5.69 Å². The van der Waals surface area contributed by atoms with E-state index in [0.29, 0.717) is 5.92 Å². The van der Waals surface area contributed by atoms with E-state index in [4.69, 9.17) is 0 Å². The summed E-state index contributed by atoms with van der Waals surface area (Å²) in [5.41, 5.74) is 3.99. The highest BCUT2D eigenvalue weighted by Crippen LogP contribution is 2.38. The summed E-state index contributed by atoms with van der Waals surface area (Å²) in [6.07, 6.45) is 4.56. The molecule has 0 saturated carbocycles. The Morgan fingerprint density at radius 2 is 2.11 bits per heavy atom. The molecule has 2 aliphatic heterocycles. The third-order valence-electron chi connectivity index (χ3n) is 4.41. The average molecular weight is 258 g/mol. The van der Waals surface area contributed by atoms with Crippen LogP contribution in [-0.2, 0) is 11.2 Å². The van der Waals surface area contributed by atoms with Crippen molar-refractivity contribution >= 4 is 11.6 Å². The smallest absolute Gasteiger partial charge is 0.223 e. The van der Waals surface area contributed by atoms with Crippen LogP contribution in [0.25, 0.3) is 0 Å². The van der Waals surface area contributed by atoms with Gasteiger partial charge in [0.1, 0.15) is 0 Å². The largest absolute Gasteiger partial charge is 0.317 e. The van der Waals surface area contributed by atoms with Crippen LogP contribution in [0.4, 0.5) is 5.69 Å². The van der Waals surface area contributed by atoms with Gasteiger partial charge in [-0.1, -0.05) is 18.2 Å². The van der Waals surface area contributed by atoms with Crippen LogP contribution in [0.5, 0.6) is 0 Å². The Hall–Kier alpha value is -1.35. The number of nitrogens with one attached hydrogen (secondary N) is 1. The zero-order chi connectivity index (χ0) is 13.2. The molecule has 0 bridgehead atoms. The number of carbonyl (C=O) groups is 1. The maximum Gasteiger partial charge on any atom is 0.223 e. The molecule has 2 heterocycles. The lowest BCUT2D eigenvalue weighted by atomic mass is 9.85. The Balaban J connectivity index is 2.02. The van der Waals surface area contributed by atoms with Crippen LogP contribution in [0.15, 0.2) is 18.2 Å². The number of piperidine rings is 1. The molecule has 0 unspecified atom stereocenters. The van der Waals surface area contributed by atoms with Crippen molar-refractivity contribution in [2.45, 2.75) is 38.5 Å². The third-order valence-corrected chi connectivity index (χ3v) is 4.41. The van der Waals surface area contributed by atoms with Crippen LogP contribution >= 0.6 is 0 Å². The standard InChI is InChI=1S/C16H22N2O/c1-12(19)18-11-3-5-14-4-2-6-15(16(14)18)13-7-9-17-10-8-13/h2,4,6,13,17H,3,5,7-11H2,1H3. The SMILES string of the molecule is CC(=O)N1CCCc2cccc(C3CCNCC3)c21. The minimum atomic E-state index is 0.183. The van der Waals surface area contributed by atoms with Gasteiger partial charge in [0.15, 0.2) is 0 Å². The molecular weight excluding hydrogens is 236 g/mol. The van der Waals surface area contributed by atoms with Crippen molar-refractivity contribution in [3.8, 4) is 0 Å². The molecular formula is C16H22N2O. The topological polar surface area (TPSA) is 32.3 Å². The zero-order valence-corrected chi connectivity index (χ0v) is 11.6. The van der Waals surface area contributed by atoms with E-state index in [1.54, 1.807) is 6.92 Å². The molecule has 0 atom stereocenters. The maximum absolute atomic E-state index is 11.9. The molecule has 1 aromatic rings. The van der Waals surface area contributed by atoms with Crippen LogP contribution in [0.1, 0.15) is 43.2 Å². The number of fused-ring (bicyclic) bond motifs is 1. The fraction of sp³-hybridized carbons (Fsp3) is 0.562. The molecule has 3 heteroatoms. The number of carbonyl (C=O) groups excluding carboxylic acids is 1. The van der Waals surface area contributed by atoms with E-state index in [1.165, 1.54) is 29.7 Å². The number of hydrogen-bond donors (Lipinski definition) is 1. The van der Waals surface area contributed by atoms with E-state index >= 15 is 0 Å². The molecule has 1 aromatic carbocycles. The summed E-state index contributed by atoms with van der Waals surface area (Å²) in [7, 11) is 0. The number of anilines is 1. The lowest BCUT2D eigenvalue weighted by Crippen LogP contribution is -2.35. The maximum atomic E-state index is 11.9. The van der Waals surface area contributed by atoms with Gasteiger partial charge in [0, 0.05) is 13.5 Å². The lowest BCUT2D eigenvalue weighted by Gasteiger charge is -2.34. The van der Waals surface area contributed by atoms with Crippen LogP contribution in [-0.4, -0.2) is 25.5 Å². The summed E-state index contributed by atoms with van der Waals surface area (Å²) in [6, 6.07) is 6.59. The van der Waals surface area contributed by atoms with Gasteiger partial charge in [-0.2, -0.15) is 0 Å². The second kappa shape index (κ2) is 5.33. The van der Waals surface area contributed by atoms with Crippen LogP contribution in [0.2, 0.25) is 0 Å². The molecule has 102 valence electrons. The molecule has 0 aromatic heterocycles. The number of amides is 1. The summed E-state index contributed by atoms with van der Waals surface area (Å²) in [5, 5.41) is 3.42. The Morgan fingerprint density at radius 1 is 1.32 bits per heavy atom. The summed E-state index contributed by atoms with van der Waals surface area (Å²) < 4.78 is 0. The van der Waals surface area contributed by atoms with Gasteiger partial charge in [-0.05, 0) is 55.8 Å². The van der Waals surface area contributed by atoms with E-state index in [0.717, 1.165) is 32.5 Å². The van der Waals surface area contributed by atoms with Crippen molar-refractivity contribution < 1.29 is 4.79 Å². The van der Waals surface area contributed by atoms with Crippen molar-refractivity contribution in [1.82, 2.24) is 5.32 Å².